The Morgan fingerprint density at radius 1 is 1.29 bits per heavy atom. The Morgan fingerprint density at radius 3 is 2.64 bits per heavy atom. The van der Waals surface area contributed by atoms with Crippen LogP contribution in [0.1, 0.15) is 0 Å². The summed E-state index contributed by atoms with van der Waals surface area (Å²) in [4.78, 5) is 21.3. The maximum absolute atomic E-state index is 10.9. The van der Waals surface area contributed by atoms with Gasteiger partial charge >= 0.3 is 0 Å². The molecule has 70 valence electrons. The van der Waals surface area contributed by atoms with E-state index in [9.17, 15) is 4.79 Å². The van der Waals surface area contributed by atoms with Crippen molar-refractivity contribution in [3.8, 4) is 11.3 Å². The molecule has 0 aliphatic carbocycles. The van der Waals surface area contributed by atoms with Gasteiger partial charge in [-0.1, -0.05) is 0 Å². The highest BCUT2D eigenvalue weighted by Gasteiger charge is 2.01. The molecule has 5 nitrogen and oxygen atoms in total. The van der Waals surface area contributed by atoms with Crippen LogP contribution in [0.2, 0.25) is 0 Å². The topological polar surface area (TPSA) is 84.7 Å². The van der Waals surface area contributed by atoms with Gasteiger partial charge < -0.3 is 10.7 Å². The van der Waals surface area contributed by atoms with Crippen molar-refractivity contribution in [2.24, 2.45) is 0 Å². The molecule has 0 saturated carbocycles. The van der Waals surface area contributed by atoms with Gasteiger partial charge in [0.25, 0.3) is 5.56 Å². The number of nitrogens with one attached hydrogen (secondary N) is 1. The van der Waals surface area contributed by atoms with Crippen molar-refractivity contribution in [1.29, 1.82) is 0 Å². The number of nitrogens with two attached hydrogens (primary N) is 1. The standard InChI is InChI=1S/C9H8N4O/c10-8-9(14)12-5-7(13-8)6-1-3-11-4-2-6/h1-5H,(H2,10,13)(H,12,14). The maximum Gasteiger partial charge on any atom is 0.290 e. The number of rotatable bonds is 1. The van der Waals surface area contributed by atoms with E-state index in [0.717, 1.165) is 5.56 Å². The third kappa shape index (κ3) is 1.47. The second kappa shape index (κ2) is 3.29. The lowest BCUT2D eigenvalue weighted by Gasteiger charge is -1.99. The third-order valence-electron chi connectivity index (χ3n) is 1.79. The Labute approximate surface area is 79.6 Å². The molecule has 2 rings (SSSR count). The van der Waals surface area contributed by atoms with E-state index in [1.807, 2.05) is 0 Å². The van der Waals surface area contributed by atoms with Gasteiger partial charge in [-0.05, 0) is 12.1 Å². The van der Waals surface area contributed by atoms with Crippen LogP contribution in [-0.4, -0.2) is 15.0 Å². The Kier molecular flexibility index (Phi) is 1.98. The lowest BCUT2D eigenvalue weighted by Crippen LogP contribution is -2.13. The summed E-state index contributed by atoms with van der Waals surface area (Å²) in [5, 5.41) is 0. The predicted octanol–water partition coefficient (Wildman–Crippen LogP) is 0.414. The van der Waals surface area contributed by atoms with Gasteiger partial charge in [-0.2, -0.15) is 0 Å². The van der Waals surface area contributed by atoms with Gasteiger partial charge in [0.05, 0.1) is 5.69 Å². The molecule has 2 aromatic heterocycles. The first-order valence-corrected chi connectivity index (χ1v) is 4.03. The van der Waals surface area contributed by atoms with Crippen LogP contribution in [0.15, 0.2) is 35.5 Å². The van der Waals surface area contributed by atoms with Crippen LogP contribution in [0, 0.1) is 0 Å². The highest BCUT2D eigenvalue weighted by atomic mass is 16.1. The Bertz CT molecular complexity index is 492. The lowest BCUT2D eigenvalue weighted by atomic mass is 10.2. The number of hydrogen-bond donors (Lipinski definition) is 2. The van der Waals surface area contributed by atoms with Crippen molar-refractivity contribution < 1.29 is 0 Å². The van der Waals surface area contributed by atoms with Crippen LogP contribution in [0.5, 0.6) is 0 Å². The van der Waals surface area contributed by atoms with Crippen molar-refractivity contribution in [1.82, 2.24) is 15.0 Å². The zero-order valence-corrected chi connectivity index (χ0v) is 7.27. The van der Waals surface area contributed by atoms with Crippen LogP contribution >= 0.6 is 0 Å². The molecule has 0 aliphatic heterocycles. The Balaban J connectivity index is 2.54. The van der Waals surface area contributed by atoms with E-state index in [1.165, 1.54) is 6.20 Å². The summed E-state index contributed by atoms with van der Waals surface area (Å²) in [6, 6.07) is 3.58. The summed E-state index contributed by atoms with van der Waals surface area (Å²) >= 11 is 0. The molecule has 0 bridgehead atoms. The molecule has 0 fully saturated rings. The fourth-order valence-corrected chi connectivity index (χ4v) is 1.09. The zero-order chi connectivity index (χ0) is 9.97. The van der Waals surface area contributed by atoms with Crippen LogP contribution < -0.4 is 11.3 Å². The summed E-state index contributed by atoms with van der Waals surface area (Å²) in [5.41, 5.74) is 6.51. The molecule has 0 radical (unpaired) electrons. The summed E-state index contributed by atoms with van der Waals surface area (Å²) in [7, 11) is 0. The van der Waals surface area contributed by atoms with Gasteiger partial charge in [-0.25, -0.2) is 4.98 Å². The summed E-state index contributed by atoms with van der Waals surface area (Å²) in [6.45, 7) is 0. The number of aromatic amines is 1. The predicted molar refractivity (Wildman–Crippen MR) is 52.5 cm³/mol. The van der Waals surface area contributed by atoms with Gasteiger partial charge in [-0.15, -0.1) is 0 Å². The van der Waals surface area contributed by atoms with Crippen LogP contribution in [0.25, 0.3) is 11.3 Å². The average molecular weight is 188 g/mol. The highest BCUT2D eigenvalue weighted by molar-refractivity contribution is 5.58. The van der Waals surface area contributed by atoms with Gasteiger partial charge in [0.2, 0.25) is 0 Å². The van der Waals surface area contributed by atoms with Crippen LogP contribution in [-0.2, 0) is 0 Å². The third-order valence-corrected chi connectivity index (χ3v) is 1.79. The van der Waals surface area contributed by atoms with Crippen molar-refractivity contribution in [3.05, 3.63) is 41.1 Å². The van der Waals surface area contributed by atoms with Crippen molar-refractivity contribution in [2.45, 2.75) is 0 Å². The maximum atomic E-state index is 10.9. The number of hydrogen-bond acceptors (Lipinski definition) is 4. The fourth-order valence-electron chi connectivity index (χ4n) is 1.09. The number of H-pyrrole nitrogens is 1. The second-order valence-corrected chi connectivity index (χ2v) is 2.74. The monoisotopic (exact) mass is 188 g/mol. The number of nitrogens with zero attached hydrogens (tertiary/aromatic N) is 2. The molecule has 0 aliphatic rings. The molecule has 0 spiro atoms. The molecule has 0 unspecified atom stereocenters. The fraction of sp³-hybridized carbons (Fsp3) is 0. The second-order valence-electron chi connectivity index (χ2n) is 2.74. The molecule has 14 heavy (non-hydrogen) atoms. The number of nitrogen functional groups attached to an aromatic ring is 1. The Morgan fingerprint density at radius 2 is 2.00 bits per heavy atom. The van der Waals surface area contributed by atoms with E-state index in [4.69, 9.17) is 5.73 Å². The van der Waals surface area contributed by atoms with Crippen molar-refractivity contribution >= 4 is 5.82 Å². The molecule has 2 aromatic rings. The quantitative estimate of drug-likeness (QED) is 0.679. The zero-order valence-electron chi connectivity index (χ0n) is 7.27. The molecular formula is C9H8N4O. The average Bonchev–Trinajstić information content (AvgIpc) is 2.23. The minimum atomic E-state index is -0.372. The largest absolute Gasteiger partial charge is 0.379 e. The van der Waals surface area contributed by atoms with Gasteiger partial charge in [0.15, 0.2) is 5.82 Å². The summed E-state index contributed by atoms with van der Waals surface area (Å²) in [5.74, 6) is -0.0284. The molecule has 0 amide bonds. The normalized spacial score (nSPS) is 10.0. The van der Waals surface area contributed by atoms with E-state index in [0.29, 0.717) is 5.69 Å². The number of anilines is 1. The minimum Gasteiger partial charge on any atom is -0.379 e. The SMILES string of the molecule is Nc1nc(-c2ccncc2)c[nH]c1=O. The molecule has 3 N–H and O–H groups in total. The summed E-state index contributed by atoms with van der Waals surface area (Å²) < 4.78 is 0. The van der Waals surface area contributed by atoms with E-state index in [1.54, 1.807) is 24.5 Å². The first-order valence-electron chi connectivity index (χ1n) is 4.03. The van der Waals surface area contributed by atoms with E-state index >= 15 is 0 Å². The van der Waals surface area contributed by atoms with Gasteiger partial charge in [0, 0.05) is 24.2 Å². The smallest absolute Gasteiger partial charge is 0.290 e. The Hall–Kier alpha value is -2.17. The van der Waals surface area contributed by atoms with Crippen molar-refractivity contribution in [3.63, 3.8) is 0 Å². The van der Waals surface area contributed by atoms with E-state index < -0.39 is 0 Å². The molecule has 0 saturated heterocycles. The minimum absolute atomic E-state index is 0.0284. The first kappa shape index (κ1) is 8.43. The van der Waals surface area contributed by atoms with Crippen molar-refractivity contribution in [2.75, 3.05) is 5.73 Å². The van der Waals surface area contributed by atoms with Crippen LogP contribution in [0.3, 0.4) is 0 Å². The molecule has 0 atom stereocenters. The van der Waals surface area contributed by atoms with Gasteiger partial charge in [0.1, 0.15) is 0 Å². The molecule has 2 heterocycles. The summed E-state index contributed by atoms with van der Waals surface area (Å²) in [6.07, 6.45) is 4.82. The van der Waals surface area contributed by atoms with Gasteiger partial charge in [-0.3, -0.25) is 9.78 Å². The lowest BCUT2D eigenvalue weighted by molar-refractivity contribution is 1.15. The van der Waals surface area contributed by atoms with E-state index in [2.05, 4.69) is 15.0 Å². The van der Waals surface area contributed by atoms with Crippen LogP contribution in [0.4, 0.5) is 5.82 Å². The van der Waals surface area contributed by atoms with E-state index in [-0.39, 0.29) is 11.4 Å². The number of pyridine rings is 1. The molecular weight excluding hydrogens is 180 g/mol. The molecule has 5 heteroatoms. The molecule has 0 aromatic carbocycles. The number of aromatic nitrogens is 3. The highest BCUT2D eigenvalue weighted by Crippen LogP contribution is 2.13. The first-order chi connectivity index (χ1) is 6.77.